The predicted octanol–water partition coefficient (Wildman–Crippen LogP) is 4.01. The maximum absolute atomic E-state index is 13.7. The average Bonchev–Trinajstić information content (AvgIpc) is 2.58. The summed E-state index contributed by atoms with van der Waals surface area (Å²) in [5.41, 5.74) is 0. The zero-order chi connectivity index (χ0) is 24.6. The molecule has 1 amide bonds. The Morgan fingerprint density at radius 3 is 1.43 bits per heavy atom. The van der Waals surface area contributed by atoms with Crippen molar-refractivity contribution in [1.29, 1.82) is 0 Å². The van der Waals surface area contributed by atoms with E-state index in [-0.39, 0.29) is 0 Å². The highest BCUT2D eigenvalue weighted by atomic mass is 19.4. The largest absolute Gasteiger partial charge is 0.467 e. The van der Waals surface area contributed by atoms with E-state index in [0.29, 0.717) is 14.2 Å². The van der Waals surface area contributed by atoms with Gasteiger partial charge < -0.3 is 14.8 Å². The van der Waals surface area contributed by atoms with Crippen LogP contribution in [0, 0.1) is 0 Å². The van der Waals surface area contributed by atoms with Crippen LogP contribution in [0.25, 0.3) is 0 Å². The van der Waals surface area contributed by atoms with Gasteiger partial charge in [-0.05, 0) is 0 Å². The standard InChI is InChI=1S/C12H10F13NO4/c1-29-5(27)4(26-6(28)30-2)3-7(13,14)8(15,16)9(17,18)10(19,20)11(21,22)12(23,24)25/h4H,3H2,1-2H3,(H,26,28). The second-order valence-electron chi connectivity index (χ2n) is 5.42. The molecule has 0 aliphatic heterocycles. The fourth-order valence-electron chi connectivity index (χ4n) is 1.72. The minimum Gasteiger partial charge on any atom is -0.467 e. The van der Waals surface area contributed by atoms with Gasteiger partial charge in [-0.15, -0.1) is 0 Å². The Balaban J connectivity index is 6.27. The highest BCUT2D eigenvalue weighted by Gasteiger charge is 2.90. The van der Waals surface area contributed by atoms with Crippen LogP contribution in [0.5, 0.6) is 0 Å². The van der Waals surface area contributed by atoms with Crippen LogP contribution in [0.2, 0.25) is 0 Å². The molecule has 30 heavy (non-hydrogen) atoms. The molecule has 0 saturated heterocycles. The van der Waals surface area contributed by atoms with Gasteiger partial charge in [-0.1, -0.05) is 0 Å². The van der Waals surface area contributed by atoms with Gasteiger partial charge in [0.2, 0.25) is 0 Å². The Morgan fingerprint density at radius 1 is 0.700 bits per heavy atom. The molecular weight excluding hydrogens is 469 g/mol. The van der Waals surface area contributed by atoms with Crippen molar-refractivity contribution >= 4 is 12.1 Å². The van der Waals surface area contributed by atoms with Crippen molar-refractivity contribution < 1.29 is 76.1 Å². The number of hydrogen-bond acceptors (Lipinski definition) is 4. The van der Waals surface area contributed by atoms with E-state index in [1.165, 1.54) is 0 Å². The van der Waals surface area contributed by atoms with Gasteiger partial charge in [-0.3, -0.25) is 0 Å². The number of ether oxygens (including phenoxy) is 2. The van der Waals surface area contributed by atoms with E-state index in [9.17, 15) is 66.7 Å². The summed E-state index contributed by atoms with van der Waals surface area (Å²) in [5.74, 6) is -40.1. The maximum Gasteiger partial charge on any atom is 0.460 e. The molecule has 1 atom stereocenters. The lowest BCUT2D eigenvalue weighted by Gasteiger charge is -2.40. The van der Waals surface area contributed by atoms with Gasteiger partial charge in [0.25, 0.3) is 0 Å². The number of carbonyl (C=O) groups is 2. The molecule has 1 unspecified atom stereocenters. The second kappa shape index (κ2) is 8.16. The number of halogens is 13. The number of alkyl carbamates (subject to hydrolysis) is 1. The number of alkyl halides is 13. The molecule has 5 nitrogen and oxygen atoms in total. The lowest BCUT2D eigenvalue weighted by molar-refractivity contribution is -0.440. The molecule has 0 aliphatic carbocycles. The predicted molar refractivity (Wildman–Crippen MR) is 66.8 cm³/mol. The summed E-state index contributed by atoms with van der Waals surface area (Å²) >= 11 is 0. The molecule has 0 bridgehead atoms. The number of carbonyl (C=O) groups excluding carboxylic acids is 2. The number of nitrogens with one attached hydrogen (secondary N) is 1. The SMILES string of the molecule is COC(=O)NC(CC(F)(F)C(F)(F)C(F)(F)C(F)(F)C(F)(F)C(F)(F)F)C(=O)OC. The quantitative estimate of drug-likeness (QED) is 0.422. The minimum absolute atomic E-state index is 0.414. The molecule has 0 aromatic rings. The molecule has 0 aromatic heterocycles. The lowest BCUT2D eigenvalue weighted by Crippen LogP contribution is -2.70. The van der Waals surface area contributed by atoms with Gasteiger partial charge in [-0.2, -0.15) is 57.1 Å². The number of esters is 1. The first-order chi connectivity index (χ1) is 13.0. The first kappa shape index (κ1) is 27.8. The molecule has 0 fully saturated rings. The molecule has 0 aromatic carbocycles. The van der Waals surface area contributed by atoms with Crippen molar-refractivity contribution in [2.24, 2.45) is 0 Å². The van der Waals surface area contributed by atoms with E-state index < -0.39 is 60.3 Å². The van der Waals surface area contributed by atoms with Crippen molar-refractivity contribution in [3.8, 4) is 0 Å². The number of hydrogen-bond donors (Lipinski definition) is 1. The van der Waals surface area contributed by atoms with Gasteiger partial charge in [0.15, 0.2) is 0 Å². The summed E-state index contributed by atoms with van der Waals surface area (Å²) in [6, 6.07) is -2.99. The van der Waals surface area contributed by atoms with E-state index in [2.05, 4.69) is 9.47 Å². The molecule has 0 rings (SSSR count). The fourth-order valence-corrected chi connectivity index (χ4v) is 1.72. The number of amides is 1. The third-order valence-electron chi connectivity index (χ3n) is 3.42. The molecular formula is C12H10F13NO4. The normalized spacial score (nSPS) is 15.4. The van der Waals surface area contributed by atoms with Crippen molar-refractivity contribution in [2.45, 2.75) is 48.3 Å². The monoisotopic (exact) mass is 479 g/mol. The van der Waals surface area contributed by atoms with Crippen LogP contribution in [-0.4, -0.2) is 68.1 Å². The molecule has 0 heterocycles. The Kier molecular flexibility index (Phi) is 7.57. The van der Waals surface area contributed by atoms with Crippen molar-refractivity contribution in [3.05, 3.63) is 0 Å². The van der Waals surface area contributed by atoms with Gasteiger partial charge >= 0.3 is 47.9 Å². The second-order valence-corrected chi connectivity index (χ2v) is 5.42. The lowest BCUT2D eigenvalue weighted by atomic mass is 9.91. The third-order valence-corrected chi connectivity index (χ3v) is 3.42. The van der Waals surface area contributed by atoms with Crippen LogP contribution in [0.1, 0.15) is 6.42 Å². The van der Waals surface area contributed by atoms with Crippen molar-refractivity contribution in [3.63, 3.8) is 0 Å². The van der Waals surface area contributed by atoms with Gasteiger partial charge in [0.05, 0.1) is 14.2 Å². The van der Waals surface area contributed by atoms with Crippen molar-refractivity contribution in [1.82, 2.24) is 5.32 Å². The number of rotatable bonds is 8. The van der Waals surface area contributed by atoms with Crippen LogP contribution in [0.4, 0.5) is 61.9 Å². The topological polar surface area (TPSA) is 64.6 Å². The van der Waals surface area contributed by atoms with E-state index in [4.69, 9.17) is 0 Å². The summed E-state index contributed by atoms with van der Waals surface area (Å²) in [5, 5.41) is 1.08. The zero-order valence-electron chi connectivity index (χ0n) is 14.3. The minimum atomic E-state index is -8.07. The van der Waals surface area contributed by atoms with Crippen LogP contribution in [-0.2, 0) is 14.3 Å². The Bertz CT molecular complexity index is 647. The van der Waals surface area contributed by atoms with E-state index >= 15 is 0 Å². The van der Waals surface area contributed by atoms with Crippen LogP contribution in [0.3, 0.4) is 0 Å². The van der Waals surface area contributed by atoms with Gasteiger partial charge in [0, 0.05) is 6.42 Å². The Labute approximate surface area is 157 Å². The van der Waals surface area contributed by atoms with E-state index in [1.54, 1.807) is 0 Å². The molecule has 0 saturated carbocycles. The highest BCUT2D eigenvalue weighted by molar-refractivity contribution is 5.81. The zero-order valence-corrected chi connectivity index (χ0v) is 14.3. The highest BCUT2D eigenvalue weighted by Crippen LogP contribution is 2.60. The van der Waals surface area contributed by atoms with Crippen LogP contribution < -0.4 is 5.32 Å². The summed E-state index contributed by atoms with van der Waals surface area (Å²) in [6.07, 6.45) is -12.3. The molecule has 0 aliphatic rings. The molecule has 0 spiro atoms. The molecule has 0 radical (unpaired) electrons. The van der Waals surface area contributed by atoms with Crippen LogP contribution in [0.15, 0.2) is 0 Å². The summed E-state index contributed by atoms with van der Waals surface area (Å²) < 4.78 is 176. The van der Waals surface area contributed by atoms with E-state index in [1.807, 2.05) is 0 Å². The summed E-state index contributed by atoms with van der Waals surface area (Å²) in [7, 11) is 0.960. The van der Waals surface area contributed by atoms with Gasteiger partial charge in [0.1, 0.15) is 6.04 Å². The third kappa shape index (κ3) is 4.45. The summed E-state index contributed by atoms with van der Waals surface area (Å²) in [6.45, 7) is 0. The smallest absolute Gasteiger partial charge is 0.460 e. The first-order valence-electron chi connectivity index (χ1n) is 6.93. The maximum atomic E-state index is 13.7. The molecule has 1 N–H and O–H groups in total. The average molecular weight is 479 g/mol. The Hall–Kier alpha value is -2.17. The Morgan fingerprint density at radius 2 is 1.10 bits per heavy atom. The van der Waals surface area contributed by atoms with E-state index in [0.717, 1.165) is 5.32 Å². The molecule has 178 valence electrons. The molecule has 18 heteroatoms. The number of methoxy groups -OCH3 is 2. The van der Waals surface area contributed by atoms with Gasteiger partial charge in [-0.25, -0.2) is 9.59 Å². The van der Waals surface area contributed by atoms with Crippen molar-refractivity contribution in [2.75, 3.05) is 14.2 Å². The summed E-state index contributed by atoms with van der Waals surface area (Å²) in [4.78, 5) is 22.1. The fraction of sp³-hybridized carbons (Fsp3) is 0.833. The first-order valence-corrected chi connectivity index (χ1v) is 6.93. The van der Waals surface area contributed by atoms with Crippen LogP contribution >= 0.6 is 0 Å².